The molecule has 2 aromatic rings. The average Bonchev–Trinajstić information content (AvgIpc) is 2.78. The summed E-state index contributed by atoms with van der Waals surface area (Å²) in [5.41, 5.74) is 1.79. The number of fused-ring (bicyclic) bond motifs is 1. The molecule has 3 rings (SSSR count). The molecule has 0 bridgehead atoms. The van der Waals surface area contributed by atoms with Gasteiger partial charge >= 0.3 is 0 Å². The Balaban J connectivity index is 2.13. The molecule has 1 N–H and O–H groups in total. The first-order chi connectivity index (χ1) is 8.74. The number of methoxy groups -OCH3 is 1. The third-order valence-corrected chi connectivity index (χ3v) is 3.56. The lowest BCUT2D eigenvalue weighted by atomic mass is 9.90. The highest BCUT2D eigenvalue weighted by molar-refractivity contribution is 5.47. The van der Waals surface area contributed by atoms with Crippen LogP contribution in [0.4, 0.5) is 0 Å². The zero-order chi connectivity index (χ0) is 12.6. The van der Waals surface area contributed by atoms with E-state index in [2.05, 4.69) is 9.97 Å². The smallest absolute Gasteiger partial charge is 0.119 e. The molecule has 0 saturated heterocycles. The van der Waals surface area contributed by atoms with Crippen molar-refractivity contribution in [2.24, 2.45) is 0 Å². The van der Waals surface area contributed by atoms with Gasteiger partial charge in [-0.1, -0.05) is 6.07 Å². The van der Waals surface area contributed by atoms with Crippen LogP contribution in [0.3, 0.4) is 0 Å². The van der Waals surface area contributed by atoms with Crippen molar-refractivity contribution in [2.75, 3.05) is 7.11 Å². The highest BCUT2D eigenvalue weighted by atomic mass is 16.5. The number of ether oxygens (including phenoxy) is 1. The van der Waals surface area contributed by atoms with Crippen LogP contribution in [0.25, 0.3) is 0 Å². The highest BCUT2D eigenvalue weighted by Crippen LogP contribution is 2.42. The number of aryl methyl sites for hydroxylation is 1. The zero-order valence-electron chi connectivity index (χ0n) is 10.1. The Morgan fingerprint density at radius 2 is 2.06 bits per heavy atom. The van der Waals surface area contributed by atoms with E-state index in [1.807, 2.05) is 18.2 Å². The van der Waals surface area contributed by atoms with Gasteiger partial charge in [0.25, 0.3) is 0 Å². The van der Waals surface area contributed by atoms with Gasteiger partial charge in [-0.15, -0.1) is 0 Å². The lowest BCUT2D eigenvalue weighted by molar-refractivity contribution is 0.0819. The molecule has 18 heavy (non-hydrogen) atoms. The minimum atomic E-state index is -0.995. The Kier molecular flexibility index (Phi) is 2.52. The van der Waals surface area contributed by atoms with Crippen molar-refractivity contribution in [3.8, 4) is 5.75 Å². The minimum absolute atomic E-state index is 0.656. The van der Waals surface area contributed by atoms with Crippen LogP contribution in [0.15, 0.2) is 36.9 Å². The van der Waals surface area contributed by atoms with Crippen molar-refractivity contribution in [3.05, 3.63) is 53.6 Å². The van der Waals surface area contributed by atoms with Crippen LogP contribution in [-0.4, -0.2) is 22.2 Å². The van der Waals surface area contributed by atoms with E-state index in [0.717, 1.165) is 28.9 Å². The predicted octanol–water partition coefficient (Wildman–Crippen LogP) is 1.67. The van der Waals surface area contributed by atoms with Crippen molar-refractivity contribution in [1.29, 1.82) is 0 Å². The minimum Gasteiger partial charge on any atom is -0.497 e. The van der Waals surface area contributed by atoms with Gasteiger partial charge in [-0.2, -0.15) is 0 Å². The van der Waals surface area contributed by atoms with E-state index in [4.69, 9.17) is 4.74 Å². The third kappa shape index (κ3) is 1.57. The van der Waals surface area contributed by atoms with E-state index in [1.165, 1.54) is 6.33 Å². The summed E-state index contributed by atoms with van der Waals surface area (Å²) in [6.07, 6.45) is 6.31. The maximum atomic E-state index is 10.9. The summed E-state index contributed by atoms with van der Waals surface area (Å²) in [5.74, 6) is 0.755. The molecule has 0 radical (unpaired) electrons. The van der Waals surface area contributed by atoms with E-state index in [1.54, 1.807) is 19.5 Å². The maximum Gasteiger partial charge on any atom is 0.119 e. The van der Waals surface area contributed by atoms with Gasteiger partial charge in [0.1, 0.15) is 17.7 Å². The summed E-state index contributed by atoms with van der Waals surface area (Å²) < 4.78 is 5.23. The van der Waals surface area contributed by atoms with Gasteiger partial charge in [0.2, 0.25) is 0 Å². The molecule has 0 spiro atoms. The molecule has 0 fully saturated rings. The van der Waals surface area contributed by atoms with Crippen LogP contribution < -0.4 is 4.74 Å². The molecule has 1 aliphatic carbocycles. The van der Waals surface area contributed by atoms with Crippen LogP contribution in [0.5, 0.6) is 5.75 Å². The lowest BCUT2D eigenvalue weighted by Gasteiger charge is -2.24. The first-order valence-electron chi connectivity index (χ1n) is 5.89. The fourth-order valence-electron chi connectivity index (χ4n) is 2.55. The van der Waals surface area contributed by atoms with E-state index >= 15 is 0 Å². The number of aromatic nitrogens is 2. The monoisotopic (exact) mass is 242 g/mol. The Bertz CT molecular complexity index is 571. The van der Waals surface area contributed by atoms with E-state index in [-0.39, 0.29) is 0 Å². The molecule has 0 aliphatic heterocycles. The van der Waals surface area contributed by atoms with Crippen LogP contribution in [-0.2, 0) is 12.0 Å². The quantitative estimate of drug-likeness (QED) is 0.870. The van der Waals surface area contributed by atoms with Crippen LogP contribution in [0.1, 0.15) is 23.1 Å². The Morgan fingerprint density at radius 1 is 1.28 bits per heavy atom. The van der Waals surface area contributed by atoms with Gasteiger partial charge in [-0.3, -0.25) is 0 Å². The molecule has 1 aromatic carbocycles. The molecule has 1 aliphatic rings. The van der Waals surface area contributed by atoms with Crippen molar-refractivity contribution in [2.45, 2.75) is 18.4 Å². The number of nitrogens with zero attached hydrogens (tertiary/aromatic N) is 2. The van der Waals surface area contributed by atoms with Gasteiger partial charge in [-0.25, -0.2) is 9.97 Å². The Morgan fingerprint density at radius 3 is 2.78 bits per heavy atom. The van der Waals surface area contributed by atoms with Crippen LogP contribution in [0, 0.1) is 0 Å². The van der Waals surface area contributed by atoms with Crippen molar-refractivity contribution >= 4 is 0 Å². The van der Waals surface area contributed by atoms with Gasteiger partial charge in [0.05, 0.1) is 7.11 Å². The Hall–Kier alpha value is -1.94. The average molecular weight is 242 g/mol. The molecule has 1 heterocycles. The highest BCUT2D eigenvalue weighted by Gasteiger charge is 2.39. The van der Waals surface area contributed by atoms with Crippen molar-refractivity contribution in [1.82, 2.24) is 9.97 Å². The number of hydrogen-bond donors (Lipinski definition) is 1. The summed E-state index contributed by atoms with van der Waals surface area (Å²) in [7, 11) is 1.63. The predicted molar refractivity (Wildman–Crippen MR) is 66.3 cm³/mol. The van der Waals surface area contributed by atoms with Crippen molar-refractivity contribution < 1.29 is 9.84 Å². The topological polar surface area (TPSA) is 55.2 Å². The number of aliphatic hydroxyl groups is 1. The van der Waals surface area contributed by atoms with Crippen molar-refractivity contribution in [3.63, 3.8) is 0 Å². The molecular weight excluding hydrogens is 228 g/mol. The summed E-state index contributed by atoms with van der Waals surface area (Å²) in [6.45, 7) is 0. The first-order valence-corrected chi connectivity index (χ1v) is 5.89. The van der Waals surface area contributed by atoms with Gasteiger partial charge in [0, 0.05) is 18.0 Å². The van der Waals surface area contributed by atoms with E-state index < -0.39 is 5.60 Å². The second-order valence-corrected chi connectivity index (χ2v) is 4.51. The fraction of sp³-hybridized carbons (Fsp3) is 0.286. The Labute approximate surface area is 105 Å². The first kappa shape index (κ1) is 11.2. The molecular formula is C14H14N2O2. The van der Waals surface area contributed by atoms with Gasteiger partial charge in [-0.05, 0) is 36.1 Å². The number of rotatable bonds is 2. The lowest BCUT2D eigenvalue weighted by Crippen LogP contribution is -2.24. The molecule has 0 amide bonds. The number of benzene rings is 1. The second kappa shape index (κ2) is 4.07. The van der Waals surface area contributed by atoms with Crippen LogP contribution >= 0.6 is 0 Å². The molecule has 92 valence electrons. The largest absolute Gasteiger partial charge is 0.497 e. The molecule has 4 nitrogen and oxygen atoms in total. The van der Waals surface area contributed by atoms with E-state index in [9.17, 15) is 5.11 Å². The third-order valence-electron chi connectivity index (χ3n) is 3.56. The molecule has 0 saturated carbocycles. The standard InChI is InChI=1S/C14H14N2O2/c1-18-12-3-2-10-4-5-14(17,13(10)6-12)11-7-15-9-16-8-11/h2-3,6-9,17H,4-5H2,1H3. The summed E-state index contributed by atoms with van der Waals surface area (Å²) in [4.78, 5) is 7.98. The zero-order valence-corrected chi connectivity index (χ0v) is 10.1. The fourth-order valence-corrected chi connectivity index (χ4v) is 2.55. The van der Waals surface area contributed by atoms with Gasteiger partial charge in [0.15, 0.2) is 0 Å². The second-order valence-electron chi connectivity index (χ2n) is 4.51. The SMILES string of the molecule is COc1ccc2c(c1)C(O)(c1cncnc1)CC2. The van der Waals surface area contributed by atoms with Gasteiger partial charge < -0.3 is 9.84 Å². The summed E-state index contributed by atoms with van der Waals surface area (Å²) >= 11 is 0. The normalized spacial score (nSPS) is 21.7. The molecule has 1 aromatic heterocycles. The van der Waals surface area contributed by atoms with E-state index in [0.29, 0.717) is 6.42 Å². The van der Waals surface area contributed by atoms with Crippen LogP contribution in [0.2, 0.25) is 0 Å². The molecule has 1 unspecified atom stereocenters. The molecule has 4 heteroatoms. The number of hydrogen-bond acceptors (Lipinski definition) is 4. The molecule has 1 atom stereocenters. The summed E-state index contributed by atoms with van der Waals surface area (Å²) in [5, 5.41) is 10.9. The maximum absolute atomic E-state index is 10.9. The summed E-state index contributed by atoms with van der Waals surface area (Å²) in [6, 6.07) is 5.83.